The molecule has 2 N–H and O–H groups in total. The first-order valence-electron chi connectivity index (χ1n) is 8.25. The third-order valence-electron chi connectivity index (χ3n) is 3.71. The molecule has 0 saturated heterocycles. The van der Waals surface area contributed by atoms with Crippen LogP contribution >= 0.6 is 0 Å². The van der Waals surface area contributed by atoms with E-state index >= 15 is 0 Å². The van der Waals surface area contributed by atoms with Gasteiger partial charge >= 0.3 is 0 Å². The highest BCUT2D eigenvalue weighted by Gasteiger charge is 2.15. The maximum Gasteiger partial charge on any atom is 0.269 e. The fourth-order valence-corrected chi connectivity index (χ4v) is 2.27. The molecule has 0 spiro atoms. The average molecular weight is 340 g/mol. The summed E-state index contributed by atoms with van der Waals surface area (Å²) in [5.74, 6) is -0.157. The van der Waals surface area contributed by atoms with Crippen molar-refractivity contribution in [3.63, 3.8) is 0 Å². The van der Waals surface area contributed by atoms with Crippen molar-refractivity contribution in [1.82, 2.24) is 10.9 Å². The predicted molar refractivity (Wildman–Crippen MR) is 97.7 cm³/mol. The Morgan fingerprint density at radius 1 is 0.920 bits per heavy atom. The average Bonchev–Trinajstić information content (AvgIpc) is 2.59. The summed E-state index contributed by atoms with van der Waals surface area (Å²) >= 11 is 0. The Balaban J connectivity index is 1.97. The monoisotopic (exact) mass is 340 g/mol. The molecule has 5 nitrogen and oxygen atoms in total. The van der Waals surface area contributed by atoms with E-state index in [0.717, 1.165) is 5.56 Å². The first-order valence-corrected chi connectivity index (χ1v) is 8.25. The maximum atomic E-state index is 12.2. The van der Waals surface area contributed by atoms with Gasteiger partial charge < -0.3 is 4.74 Å². The standard InChI is InChI=1S/C20H24N2O3/c1-5-25-17-8-6-7-15(13-17)19(24)22-21-18(23)14-9-11-16(12-10-14)20(2,3)4/h6-13H,5H2,1-4H3,(H,21,23)(H,22,24). The molecule has 0 aromatic heterocycles. The molecular formula is C20H24N2O3. The van der Waals surface area contributed by atoms with Crippen molar-refractivity contribution in [1.29, 1.82) is 0 Å². The third kappa shape index (κ3) is 5.08. The van der Waals surface area contributed by atoms with Crippen molar-refractivity contribution in [2.45, 2.75) is 33.1 Å². The van der Waals surface area contributed by atoms with E-state index < -0.39 is 5.91 Å². The van der Waals surface area contributed by atoms with Crippen LogP contribution < -0.4 is 15.6 Å². The Labute approximate surface area is 148 Å². The lowest BCUT2D eigenvalue weighted by Crippen LogP contribution is -2.41. The van der Waals surface area contributed by atoms with Gasteiger partial charge in [-0.25, -0.2) is 0 Å². The van der Waals surface area contributed by atoms with E-state index in [2.05, 4.69) is 31.6 Å². The fraction of sp³-hybridized carbons (Fsp3) is 0.300. The van der Waals surface area contributed by atoms with Crippen LogP contribution in [0.25, 0.3) is 0 Å². The predicted octanol–water partition coefficient (Wildman–Crippen LogP) is 3.46. The molecule has 5 heteroatoms. The van der Waals surface area contributed by atoms with Crippen LogP contribution in [0.5, 0.6) is 5.75 Å². The Morgan fingerprint density at radius 2 is 1.52 bits per heavy atom. The Hall–Kier alpha value is -2.82. The summed E-state index contributed by atoms with van der Waals surface area (Å²) in [4.78, 5) is 24.3. The first-order chi connectivity index (χ1) is 11.8. The fourth-order valence-electron chi connectivity index (χ4n) is 2.27. The summed E-state index contributed by atoms with van der Waals surface area (Å²) in [6.07, 6.45) is 0. The zero-order valence-corrected chi connectivity index (χ0v) is 15.1. The van der Waals surface area contributed by atoms with Crippen LogP contribution in [-0.2, 0) is 5.41 Å². The highest BCUT2D eigenvalue weighted by molar-refractivity contribution is 5.99. The normalized spacial score (nSPS) is 10.9. The number of hydrogen-bond acceptors (Lipinski definition) is 3. The van der Waals surface area contributed by atoms with Gasteiger partial charge in [-0.3, -0.25) is 20.4 Å². The van der Waals surface area contributed by atoms with Gasteiger partial charge in [0.2, 0.25) is 0 Å². The van der Waals surface area contributed by atoms with Crippen LogP contribution in [0.4, 0.5) is 0 Å². The number of amides is 2. The van der Waals surface area contributed by atoms with Crippen molar-refractivity contribution in [3.8, 4) is 5.75 Å². The number of hydrogen-bond donors (Lipinski definition) is 2. The molecule has 2 amide bonds. The molecule has 0 saturated carbocycles. The number of benzene rings is 2. The molecule has 2 aromatic carbocycles. The highest BCUT2D eigenvalue weighted by Crippen LogP contribution is 2.22. The number of rotatable bonds is 4. The molecule has 0 bridgehead atoms. The van der Waals surface area contributed by atoms with Crippen molar-refractivity contribution in [2.24, 2.45) is 0 Å². The largest absolute Gasteiger partial charge is 0.494 e. The molecule has 0 aliphatic heterocycles. The first kappa shape index (κ1) is 18.5. The van der Waals surface area contributed by atoms with Crippen LogP contribution in [0.15, 0.2) is 48.5 Å². The van der Waals surface area contributed by atoms with Gasteiger partial charge in [0.15, 0.2) is 0 Å². The quantitative estimate of drug-likeness (QED) is 0.838. The topological polar surface area (TPSA) is 67.4 Å². The molecule has 0 aliphatic carbocycles. The molecule has 25 heavy (non-hydrogen) atoms. The molecular weight excluding hydrogens is 316 g/mol. The van der Waals surface area contributed by atoms with E-state index in [1.807, 2.05) is 19.1 Å². The van der Waals surface area contributed by atoms with E-state index in [1.54, 1.807) is 36.4 Å². The number of hydrazine groups is 1. The van der Waals surface area contributed by atoms with Gasteiger partial charge in [-0.2, -0.15) is 0 Å². The van der Waals surface area contributed by atoms with Crippen molar-refractivity contribution < 1.29 is 14.3 Å². The van der Waals surface area contributed by atoms with Gasteiger partial charge in [0.25, 0.3) is 11.8 Å². The lowest BCUT2D eigenvalue weighted by molar-refractivity contribution is 0.0846. The van der Waals surface area contributed by atoms with E-state index in [1.165, 1.54) is 0 Å². The molecule has 2 rings (SSSR count). The molecule has 0 fully saturated rings. The molecule has 0 radical (unpaired) electrons. The summed E-state index contributed by atoms with van der Waals surface area (Å²) < 4.78 is 5.36. The highest BCUT2D eigenvalue weighted by atomic mass is 16.5. The molecule has 132 valence electrons. The summed E-state index contributed by atoms with van der Waals surface area (Å²) in [7, 11) is 0. The third-order valence-corrected chi connectivity index (χ3v) is 3.71. The molecule has 0 atom stereocenters. The number of nitrogens with one attached hydrogen (secondary N) is 2. The molecule has 0 unspecified atom stereocenters. The Bertz CT molecular complexity index is 746. The minimum atomic E-state index is -0.402. The smallest absolute Gasteiger partial charge is 0.269 e. The van der Waals surface area contributed by atoms with Crippen LogP contribution in [0.1, 0.15) is 54.0 Å². The van der Waals surface area contributed by atoms with Crippen molar-refractivity contribution >= 4 is 11.8 Å². The zero-order chi connectivity index (χ0) is 18.4. The number of ether oxygens (including phenoxy) is 1. The van der Waals surface area contributed by atoms with E-state index in [-0.39, 0.29) is 11.3 Å². The number of carbonyl (C=O) groups excluding carboxylic acids is 2. The van der Waals surface area contributed by atoms with Gasteiger partial charge in [0.05, 0.1) is 6.61 Å². The van der Waals surface area contributed by atoms with Gasteiger partial charge in [0.1, 0.15) is 5.75 Å². The van der Waals surface area contributed by atoms with Crippen LogP contribution in [0, 0.1) is 0 Å². The van der Waals surface area contributed by atoms with Crippen LogP contribution in [0.2, 0.25) is 0 Å². The Morgan fingerprint density at radius 3 is 2.08 bits per heavy atom. The second-order valence-corrected chi connectivity index (χ2v) is 6.70. The van der Waals surface area contributed by atoms with Crippen molar-refractivity contribution in [2.75, 3.05) is 6.61 Å². The van der Waals surface area contributed by atoms with E-state index in [4.69, 9.17) is 4.74 Å². The number of carbonyl (C=O) groups is 2. The summed E-state index contributed by atoms with van der Waals surface area (Å²) in [6.45, 7) is 8.72. The summed E-state index contributed by atoms with van der Waals surface area (Å²) in [6, 6.07) is 14.1. The van der Waals surface area contributed by atoms with Crippen LogP contribution in [-0.4, -0.2) is 18.4 Å². The summed E-state index contributed by atoms with van der Waals surface area (Å²) in [5.41, 5.74) is 6.90. The lowest BCUT2D eigenvalue weighted by atomic mass is 9.87. The molecule has 2 aromatic rings. The second-order valence-electron chi connectivity index (χ2n) is 6.70. The van der Waals surface area contributed by atoms with Gasteiger partial charge in [0, 0.05) is 11.1 Å². The molecule has 0 heterocycles. The second kappa shape index (κ2) is 7.83. The minimum Gasteiger partial charge on any atom is -0.494 e. The maximum absolute atomic E-state index is 12.2. The minimum absolute atomic E-state index is 0.0226. The Kier molecular flexibility index (Phi) is 5.80. The summed E-state index contributed by atoms with van der Waals surface area (Å²) in [5, 5.41) is 0. The van der Waals surface area contributed by atoms with E-state index in [0.29, 0.717) is 23.5 Å². The van der Waals surface area contributed by atoms with E-state index in [9.17, 15) is 9.59 Å². The zero-order valence-electron chi connectivity index (χ0n) is 15.1. The van der Waals surface area contributed by atoms with Crippen molar-refractivity contribution in [3.05, 3.63) is 65.2 Å². The van der Waals surface area contributed by atoms with Gasteiger partial charge in [-0.05, 0) is 48.2 Å². The van der Waals surface area contributed by atoms with Crippen LogP contribution in [0.3, 0.4) is 0 Å². The van der Waals surface area contributed by atoms with Gasteiger partial charge in [-0.15, -0.1) is 0 Å². The SMILES string of the molecule is CCOc1cccc(C(=O)NNC(=O)c2ccc(C(C)(C)C)cc2)c1. The lowest BCUT2D eigenvalue weighted by Gasteiger charge is -2.19. The molecule has 0 aliphatic rings. The van der Waals surface area contributed by atoms with Gasteiger partial charge in [-0.1, -0.05) is 39.0 Å².